The van der Waals surface area contributed by atoms with E-state index in [4.69, 9.17) is 9.47 Å². The maximum absolute atomic E-state index is 13.6. The first-order valence-electron chi connectivity index (χ1n) is 7.86. The van der Waals surface area contributed by atoms with E-state index in [2.05, 4.69) is 29.8 Å². The molecule has 2 rings (SSSR count). The van der Waals surface area contributed by atoms with Gasteiger partial charge in [0.25, 0.3) is 5.91 Å². The van der Waals surface area contributed by atoms with E-state index >= 15 is 0 Å². The van der Waals surface area contributed by atoms with Gasteiger partial charge in [-0.2, -0.15) is 0 Å². The first-order chi connectivity index (χ1) is 11.3. The normalized spacial score (nSPS) is 20.6. The zero-order valence-corrected chi connectivity index (χ0v) is 15.3. The van der Waals surface area contributed by atoms with Gasteiger partial charge in [0, 0.05) is 17.6 Å². The van der Waals surface area contributed by atoms with E-state index in [9.17, 15) is 14.0 Å². The lowest BCUT2D eigenvalue weighted by atomic mass is 9.92. The molecule has 0 spiro atoms. The van der Waals surface area contributed by atoms with Crippen LogP contribution in [-0.2, 0) is 14.3 Å². The minimum Gasteiger partial charge on any atom is -0.479 e. The van der Waals surface area contributed by atoms with Crippen LogP contribution in [0.3, 0.4) is 0 Å². The fourth-order valence-electron chi connectivity index (χ4n) is 2.87. The topological polar surface area (TPSA) is 55.8 Å². The molecule has 5 nitrogen and oxygen atoms in total. The molecule has 1 aliphatic rings. The van der Waals surface area contributed by atoms with Crippen molar-refractivity contribution in [3.8, 4) is 5.75 Å². The van der Waals surface area contributed by atoms with E-state index in [0.717, 1.165) is 6.42 Å². The van der Waals surface area contributed by atoms with Crippen molar-refractivity contribution in [3.05, 3.63) is 28.5 Å². The molecule has 2 atom stereocenters. The fraction of sp³-hybridized carbons (Fsp3) is 0.529. The molecule has 1 aromatic rings. The minimum atomic E-state index is -0.705. The molecule has 0 bridgehead atoms. The molecule has 24 heavy (non-hydrogen) atoms. The van der Waals surface area contributed by atoms with Crippen molar-refractivity contribution >= 4 is 27.8 Å². The SMILES string of the molecule is CC1CC(C)CN(C(=O)COC(=O)COc2ccc(Br)cc2F)C1. The lowest BCUT2D eigenvalue weighted by Gasteiger charge is -2.34. The number of hydrogen-bond acceptors (Lipinski definition) is 4. The number of benzene rings is 1. The van der Waals surface area contributed by atoms with Crippen molar-refractivity contribution in [2.24, 2.45) is 11.8 Å². The molecule has 1 aliphatic heterocycles. The molecule has 7 heteroatoms. The van der Waals surface area contributed by atoms with E-state index in [1.54, 1.807) is 11.0 Å². The smallest absolute Gasteiger partial charge is 0.344 e. The van der Waals surface area contributed by atoms with Gasteiger partial charge in [-0.3, -0.25) is 4.79 Å². The summed E-state index contributed by atoms with van der Waals surface area (Å²) in [7, 11) is 0. The Morgan fingerprint density at radius 3 is 2.54 bits per heavy atom. The van der Waals surface area contributed by atoms with Crippen LogP contribution in [0.4, 0.5) is 4.39 Å². The molecule has 1 fully saturated rings. The monoisotopic (exact) mass is 401 g/mol. The molecule has 1 amide bonds. The van der Waals surface area contributed by atoms with Gasteiger partial charge in [0.2, 0.25) is 0 Å². The number of rotatable bonds is 5. The summed E-state index contributed by atoms with van der Waals surface area (Å²) in [5, 5.41) is 0. The Kier molecular flexibility index (Phi) is 6.60. The molecule has 1 saturated heterocycles. The largest absolute Gasteiger partial charge is 0.479 e. The molecule has 1 heterocycles. The van der Waals surface area contributed by atoms with Crippen molar-refractivity contribution in [2.75, 3.05) is 26.3 Å². The van der Waals surface area contributed by atoms with Crippen LogP contribution in [0, 0.1) is 17.7 Å². The van der Waals surface area contributed by atoms with Crippen LogP contribution in [-0.4, -0.2) is 43.1 Å². The number of likely N-dealkylation sites (tertiary alicyclic amines) is 1. The zero-order valence-electron chi connectivity index (χ0n) is 13.8. The molecule has 0 aliphatic carbocycles. The summed E-state index contributed by atoms with van der Waals surface area (Å²) >= 11 is 3.13. The summed E-state index contributed by atoms with van der Waals surface area (Å²) in [6.07, 6.45) is 1.09. The predicted molar refractivity (Wildman–Crippen MR) is 90.1 cm³/mol. The fourth-order valence-corrected chi connectivity index (χ4v) is 3.20. The number of esters is 1. The van der Waals surface area contributed by atoms with Crippen LogP contribution >= 0.6 is 15.9 Å². The second kappa shape index (κ2) is 8.46. The second-order valence-electron chi connectivity index (χ2n) is 6.27. The summed E-state index contributed by atoms with van der Waals surface area (Å²) in [5.74, 6) is -0.653. The Labute approximate surface area is 149 Å². The van der Waals surface area contributed by atoms with Gasteiger partial charge in [0.1, 0.15) is 0 Å². The number of hydrogen-bond donors (Lipinski definition) is 0. The van der Waals surface area contributed by atoms with E-state index in [0.29, 0.717) is 29.4 Å². The van der Waals surface area contributed by atoms with Crippen molar-refractivity contribution < 1.29 is 23.5 Å². The molecular formula is C17H21BrFNO4. The number of halogens is 2. The van der Waals surface area contributed by atoms with Crippen LogP contribution in [0.5, 0.6) is 5.75 Å². The van der Waals surface area contributed by atoms with Gasteiger partial charge in [0.05, 0.1) is 0 Å². The summed E-state index contributed by atoms with van der Waals surface area (Å²) in [6.45, 7) is 4.80. The van der Waals surface area contributed by atoms with Crippen molar-refractivity contribution in [3.63, 3.8) is 0 Å². The van der Waals surface area contributed by atoms with Gasteiger partial charge < -0.3 is 14.4 Å². The standard InChI is InChI=1S/C17H21BrFNO4/c1-11-5-12(2)8-20(7-11)16(21)9-24-17(22)10-23-15-4-3-13(18)6-14(15)19/h3-4,6,11-12H,5,7-10H2,1-2H3. The Bertz CT molecular complexity index is 600. The second-order valence-corrected chi connectivity index (χ2v) is 7.18. The van der Waals surface area contributed by atoms with Crippen LogP contribution in [0.1, 0.15) is 20.3 Å². The Morgan fingerprint density at radius 2 is 1.92 bits per heavy atom. The number of carbonyl (C=O) groups is 2. The van der Waals surface area contributed by atoms with E-state index in [1.807, 2.05) is 0 Å². The summed E-state index contributed by atoms with van der Waals surface area (Å²) < 4.78 is 24.1. The van der Waals surface area contributed by atoms with E-state index < -0.39 is 18.4 Å². The average molecular weight is 402 g/mol. The number of carbonyl (C=O) groups excluding carboxylic acids is 2. The maximum atomic E-state index is 13.6. The minimum absolute atomic E-state index is 0.0415. The first kappa shape index (κ1) is 18.7. The van der Waals surface area contributed by atoms with Gasteiger partial charge in [-0.25, -0.2) is 9.18 Å². The highest BCUT2D eigenvalue weighted by Gasteiger charge is 2.25. The number of nitrogens with zero attached hydrogens (tertiary/aromatic N) is 1. The van der Waals surface area contributed by atoms with E-state index in [1.165, 1.54) is 12.1 Å². The lowest BCUT2D eigenvalue weighted by molar-refractivity contribution is -0.154. The number of ether oxygens (including phenoxy) is 2. The predicted octanol–water partition coefficient (Wildman–Crippen LogP) is 3.01. The third-order valence-corrected chi connectivity index (χ3v) is 4.31. The third kappa shape index (κ3) is 5.47. The molecular weight excluding hydrogens is 381 g/mol. The van der Waals surface area contributed by atoms with Gasteiger partial charge in [-0.15, -0.1) is 0 Å². The molecule has 2 unspecified atom stereocenters. The van der Waals surface area contributed by atoms with Gasteiger partial charge in [0.15, 0.2) is 24.8 Å². The average Bonchev–Trinajstić information content (AvgIpc) is 2.50. The molecule has 132 valence electrons. The summed E-state index contributed by atoms with van der Waals surface area (Å²) in [6, 6.07) is 4.25. The molecule has 0 radical (unpaired) electrons. The highest BCUT2D eigenvalue weighted by Crippen LogP contribution is 2.22. The van der Waals surface area contributed by atoms with Gasteiger partial charge in [-0.05, 0) is 36.5 Å². The quantitative estimate of drug-likeness (QED) is 0.711. The van der Waals surface area contributed by atoms with Crippen LogP contribution in [0.25, 0.3) is 0 Å². The number of amides is 1. The first-order valence-corrected chi connectivity index (χ1v) is 8.65. The molecule has 0 saturated carbocycles. The Balaban J connectivity index is 1.75. The number of piperidine rings is 1. The molecule has 1 aromatic carbocycles. The van der Waals surface area contributed by atoms with E-state index in [-0.39, 0.29) is 18.3 Å². The van der Waals surface area contributed by atoms with Crippen LogP contribution < -0.4 is 4.74 Å². The van der Waals surface area contributed by atoms with Gasteiger partial charge >= 0.3 is 5.97 Å². The maximum Gasteiger partial charge on any atom is 0.344 e. The Hall–Kier alpha value is -1.63. The van der Waals surface area contributed by atoms with Crippen molar-refractivity contribution in [2.45, 2.75) is 20.3 Å². The van der Waals surface area contributed by atoms with Crippen LogP contribution in [0.15, 0.2) is 22.7 Å². The molecule has 0 aromatic heterocycles. The Morgan fingerprint density at radius 1 is 1.25 bits per heavy atom. The highest BCUT2D eigenvalue weighted by molar-refractivity contribution is 9.10. The van der Waals surface area contributed by atoms with Crippen LogP contribution in [0.2, 0.25) is 0 Å². The molecule has 0 N–H and O–H groups in total. The highest BCUT2D eigenvalue weighted by atomic mass is 79.9. The van der Waals surface area contributed by atoms with Gasteiger partial charge in [-0.1, -0.05) is 29.8 Å². The third-order valence-electron chi connectivity index (χ3n) is 3.82. The summed E-state index contributed by atoms with van der Waals surface area (Å²) in [4.78, 5) is 25.5. The van der Waals surface area contributed by atoms with Crippen molar-refractivity contribution in [1.29, 1.82) is 0 Å². The zero-order chi connectivity index (χ0) is 17.7. The summed E-state index contributed by atoms with van der Waals surface area (Å²) in [5.41, 5.74) is 0. The lowest BCUT2D eigenvalue weighted by Crippen LogP contribution is -2.44. The van der Waals surface area contributed by atoms with Crippen molar-refractivity contribution in [1.82, 2.24) is 4.90 Å².